The summed E-state index contributed by atoms with van der Waals surface area (Å²) in [5.41, 5.74) is 2.45. The lowest BCUT2D eigenvalue weighted by Crippen LogP contribution is -2.41. The van der Waals surface area contributed by atoms with Crippen molar-refractivity contribution in [1.29, 1.82) is 0 Å². The molecule has 0 fully saturated rings. The normalized spacial score (nSPS) is 11.5. The average molecular weight is 375 g/mol. The van der Waals surface area contributed by atoms with Gasteiger partial charge in [0.2, 0.25) is 0 Å². The maximum atomic E-state index is 12.0. The number of amides is 1. The van der Waals surface area contributed by atoms with E-state index in [2.05, 4.69) is 5.43 Å². The Balaban J connectivity index is 1.99. The molecule has 1 amide bonds. The number of thiophene rings is 1. The Labute approximate surface area is 143 Å². The highest BCUT2D eigenvalue weighted by atomic mass is 35.5. The van der Waals surface area contributed by atoms with Crippen LogP contribution in [0.5, 0.6) is 5.75 Å². The first-order chi connectivity index (χ1) is 10.8. The molecule has 6 nitrogen and oxygen atoms in total. The van der Waals surface area contributed by atoms with Crippen molar-refractivity contribution in [2.24, 2.45) is 0 Å². The summed E-state index contributed by atoms with van der Waals surface area (Å²) < 4.78 is 29.8. The van der Waals surface area contributed by atoms with Gasteiger partial charge in [0.05, 0.1) is 10.4 Å². The van der Waals surface area contributed by atoms with E-state index in [1.165, 1.54) is 12.1 Å². The van der Waals surface area contributed by atoms with Gasteiger partial charge in [-0.3, -0.25) is 10.2 Å². The fraction of sp³-hybridized carbons (Fsp3) is 0.214. The van der Waals surface area contributed by atoms with Crippen LogP contribution in [0.1, 0.15) is 24.2 Å². The first-order valence-corrected chi connectivity index (χ1v) is 9.30. The van der Waals surface area contributed by atoms with Crippen molar-refractivity contribution in [3.05, 3.63) is 46.3 Å². The molecule has 1 aromatic carbocycles. The Morgan fingerprint density at radius 3 is 2.35 bits per heavy atom. The van der Waals surface area contributed by atoms with E-state index in [9.17, 15) is 13.2 Å². The first-order valence-electron chi connectivity index (χ1n) is 6.62. The lowest BCUT2D eigenvalue weighted by atomic mass is 10.2. The van der Waals surface area contributed by atoms with Crippen molar-refractivity contribution < 1.29 is 17.9 Å². The van der Waals surface area contributed by atoms with Crippen LogP contribution in [-0.4, -0.2) is 20.4 Å². The van der Waals surface area contributed by atoms with Crippen LogP contribution in [0.25, 0.3) is 0 Å². The first kappa shape index (κ1) is 17.7. The van der Waals surface area contributed by atoms with Crippen LogP contribution in [-0.2, 0) is 10.0 Å². The smallest absolute Gasteiger partial charge is 0.266 e. The number of carbonyl (C=O) groups is 1. The highest BCUT2D eigenvalue weighted by Crippen LogP contribution is 2.25. The van der Waals surface area contributed by atoms with E-state index in [0.29, 0.717) is 15.6 Å². The van der Waals surface area contributed by atoms with Crippen molar-refractivity contribution in [2.75, 3.05) is 0 Å². The van der Waals surface area contributed by atoms with Crippen LogP contribution in [0.4, 0.5) is 0 Å². The van der Waals surface area contributed by atoms with Gasteiger partial charge in [-0.15, -0.1) is 16.2 Å². The third-order valence-corrected chi connectivity index (χ3v) is 5.57. The van der Waals surface area contributed by atoms with E-state index in [0.717, 1.165) is 11.3 Å². The SMILES string of the molecule is CC(C)Oc1ccc(C(=O)NNS(=O)(=O)c2ccc(Cl)s2)cc1. The van der Waals surface area contributed by atoms with Gasteiger partial charge in [-0.25, -0.2) is 8.42 Å². The molecule has 0 radical (unpaired) electrons. The molecule has 0 atom stereocenters. The molecule has 0 saturated carbocycles. The third-order valence-electron chi connectivity index (χ3n) is 2.60. The van der Waals surface area contributed by atoms with E-state index in [1.807, 2.05) is 18.7 Å². The highest BCUT2D eigenvalue weighted by Gasteiger charge is 2.18. The number of rotatable bonds is 6. The number of hydrazine groups is 1. The Hall–Kier alpha value is -1.61. The van der Waals surface area contributed by atoms with Crippen LogP contribution >= 0.6 is 22.9 Å². The Kier molecular flexibility index (Phi) is 5.64. The van der Waals surface area contributed by atoms with Gasteiger partial charge in [0.1, 0.15) is 9.96 Å². The number of hydrogen-bond acceptors (Lipinski definition) is 5. The van der Waals surface area contributed by atoms with Gasteiger partial charge < -0.3 is 4.74 Å². The molecule has 1 aromatic heterocycles. The lowest BCUT2D eigenvalue weighted by molar-refractivity contribution is 0.0945. The van der Waals surface area contributed by atoms with Gasteiger partial charge >= 0.3 is 0 Å². The topological polar surface area (TPSA) is 84.5 Å². The van der Waals surface area contributed by atoms with Crippen molar-refractivity contribution in [2.45, 2.75) is 24.2 Å². The maximum absolute atomic E-state index is 12.0. The Bertz CT molecular complexity index is 785. The number of benzene rings is 1. The van der Waals surface area contributed by atoms with E-state index in [4.69, 9.17) is 16.3 Å². The minimum Gasteiger partial charge on any atom is -0.491 e. The summed E-state index contributed by atoms with van der Waals surface area (Å²) in [5.74, 6) is 0.0534. The van der Waals surface area contributed by atoms with Crippen molar-refractivity contribution >= 4 is 38.9 Å². The average Bonchev–Trinajstić information content (AvgIpc) is 2.92. The molecule has 0 aliphatic carbocycles. The standard InChI is InChI=1S/C14H15ClN2O4S2/c1-9(2)21-11-5-3-10(4-6-11)14(18)16-17-23(19,20)13-8-7-12(15)22-13/h3-9,17H,1-2H3,(H,16,18). The second kappa shape index (κ2) is 7.31. The summed E-state index contributed by atoms with van der Waals surface area (Å²) >= 11 is 6.60. The number of ether oxygens (including phenoxy) is 1. The molecule has 124 valence electrons. The van der Waals surface area contributed by atoms with E-state index < -0.39 is 15.9 Å². The summed E-state index contributed by atoms with van der Waals surface area (Å²) in [7, 11) is -3.84. The molecule has 2 aromatic rings. The molecule has 1 heterocycles. The molecule has 0 bridgehead atoms. The summed E-state index contributed by atoms with van der Waals surface area (Å²) in [6.07, 6.45) is 0.0270. The summed E-state index contributed by atoms with van der Waals surface area (Å²) in [6.45, 7) is 3.79. The van der Waals surface area contributed by atoms with Crippen molar-refractivity contribution in [3.8, 4) is 5.75 Å². The van der Waals surface area contributed by atoms with Gasteiger partial charge in [-0.1, -0.05) is 11.6 Å². The second-order valence-corrected chi connectivity index (χ2v) is 8.43. The number of sulfonamides is 1. The van der Waals surface area contributed by atoms with Gasteiger partial charge in [-0.2, -0.15) is 0 Å². The summed E-state index contributed by atoms with van der Waals surface area (Å²) in [5, 5.41) is 0. The number of halogens is 1. The van der Waals surface area contributed by atoms with Gasteiger partial charge in [-0.05, 0) is 50.2 Å². The molecule has 2 rings (SSSR count). The molecule has 0 spiro atoms. The van der Waals surface area contributed by atoms with Gasteiger partial charge in [0.15, 0.2) is 0 Å². The van der Waals surface area contributed by atoms with Crippen LogP contribution in [0, 0.1) is 0 Å². The zero-order chi connectivity index (χ0) is 17.0. The minimum atomic E-state index is -3.84. The maximum Gasteiger partial charge on any atom is 0.266 e. The Morgan fingerprint density at radius 2 is 1.83 bits per heavy atom. The second-order valence-electron chi connectivity index (χ2n) is 4.81. The number of hydrogen-bond donors (Lipinski definition) is 2. The molecular formula is C14H15ClN2O4S2. The molecule has 0 saturated heterocycles. The molecular weight excluding hydrogens is 360 g/mol. The lowest BCUT2D eigenvalue weighted by Gasteiger charge is -2.10. The predicted molar refractivity (Wildman–Crippen MR) is 89.3 cm³/mol. The van der Waals surface area contributed by atoms with Gasteiger partial charge in [0, 0.05) is 5.56 Å². The molecule has 0 aliphatic rings. The van der Waals surface area contributed by atoms with E-state index in [-0.39, 0.29) is 10.3 Å². The molecule has 0 aliphatic heterocycles. The summed E-state index contributed by atoms with van der Waals surface area (Å²) in [4.78, 5) is 14.0. The highest BCUT2D eigenvalue weighted by molar-refractivity contribution is 7.91. The van der Waals surface area contributed by atoms with E-state index >= 15 is 0 Å². The molecule has 0 unspecified atom stereocenters. The monoisotopic (exact) mass is 374 g/mol. The van der Waals surface area contributed by atoms with Crippen LogP contribution in [0.15, 0.2) is 40.6 Å². The van der Waals surface area contributed by atoms with Crippen molar-refractivity contribution in [3.63, 3.8) is 0 Å². The van der Waals surface area contributed by atoms with Crippen LogP contribution < -0.4 is 15.0 Å². The number of nitrogens with one attached hydrogen (secondary N) is 2. The zero-order valence-corrected chi connectivity index (χ0v) is 14.8. The molecule has 9 heteroatoms. The quantitative estimate of drug-likeness (QED) is 0.761. The predicted octanol–water partition coefficient (Wildman–Crippen LogP) is 2.81. The fourth-order valence-electron chi connectivity index (χ4n) is 1.64. The van der Waals surface area contributed by atoms with E-state index in [1.54, 1.807) is 24.3 Å². The van der Waals surface area contributed by atoms with Crippen molar-refractivity contribution in [1.82, 2.24) is 10.3 Å². The Morgan fingerprint density at radius 1 is 1.17 bits per heavy atom. The molecule has 23 heavy (non-hydrogen) atoms. The minimum absolute atomic E-state index is 0.0171. The zero-order valence-electron chi connectivity index (χ0n) is 12.4. The fourth-order valence-corrected chi connectivity index (χ4v) is 3.96. The molecule has 2 N–H and O–H groups in total. The number of carbonyl (C=O) groups excluding carboxylic acids is 1. The van der Waals surface area contributed by atoms with Gasteiger partial charge in [0.25, 0.3) is 15.9 Å². The van der Waals surface area contributed by atoms with Crippen LogP contribution in [0.2, 0.25) is 4.34 Å². The largest absolute Gasteiger partial charge is 0.491 e. The van der Waals surface area contributed by atoms with Crippen LogP contribution in [0.3, 0.4) is 0 Å². The third kappa shape index (κ3) is 4.93. The summed E-state index contributed by atoms with van der Waals surface area (Å²) in [6, 6.07) is 9.20.